The molecule has 162 valence electrons. The molecule has 2 N–H and O–H groups in total. The van der Waals surface area contributed by atoms with Crippen molar-refractivity contribution >= 4 is 29.7 Å². The highest BCUT2D eigenvalue weighted by Gasteiger charge is 2.13. The van der Waals surface area contributed by atoms with E-state index in [0.29, 0.717) is 28.3 Å². The van der Waals surface area contributed by atoms with Crippen LogP contribution in [0.4, 0.5) is 5.69 Å². The number of carbonyl (C=O) groups excluding carboxylic acids is 3. The predicted molar refractivity (Wildman–Crippen MR) is 120 cm³/mol. The smallest absolute Gasteiger partial charge is 0.343 e. The molecule has 0 spiro atoms. The molecule has 0 heterocycles. The number of anilines is 1. The third-order valence-corrected chi connectivity index (χ3v) is 4.28. The van der Waals surface area contributed by atoms with Gasteiger partial charge in [-0.15, -0.1) is 0 Å². The highest BCUT2D eigenvalue weighted by atomic mass is 16.5. The number of hydrogen-bond donors (Lipinski definition) is 2. The second kappa shape index (κ2) is 10.5. The molecule has 0 saturated heterocycles. The summed E-state index contributed by atoms with van der Waals surface area (Å²) in [5.41, 5.74) is 4.67. The maximum Gasteiger partial charge on any atom is 0.343 e. The quantitative estimate of drug-likeness (QED) is 0.205. The first-order chi connectivity index (χ1) is 15.4. The van der Waals surface area contributed by atoms with Gasteiger partial charge in [-0.05, 0) is 73.2 Å². The van der Waals surface area contributed by atoms with Crippen molar-refractivity contribution in [3.63, 3.8) is 0 Å². The van der Waals surface area contributed by atoms with E-state index in [9.17, 15) is 14.4 Å². The summed E-state index contributed by atoms with van der Waals surface area (Å²) in [6, 6.07) is 20.2. The molecular weight excluding hydrogens is 410 g/mol. The minimum Gasteiger partial charge on any atom is -0.497 e. The highest BCUT2D eigenvalue weighted by molar-refractivity contribution is 6.39. The van der Waals surface area contributed by atoms with E-state index < -0.39 is 17.8 Å². The number of aryl methyl sites for hydroxylation is 1. The molecule has 3 aromatic rings. The van der Waals surface area contributed by atoms with Crippen LogP contribution < -0.4 is 20.2 Å². The summed E-state index contributed by atoms with van der Waals surface area (Å²) in [5.74, 6) is -1.22. The van der Waals surface area contributed by atoms with Crippen LogP contribution in [0.25, 0.3) is 0 Å². The number of hydrogen-bond acceptors (Lipinski definition) is 6. The van der Waals surface area contributed by atoms with Crippen molar-refractivity contribution in [2.45, 2.75) is 6.92 Å². The predicted octanol–water partition coefficient (Wildman–Crippen LogP) is 3.31. The standard InChI is InChI=1S/C24H21N3O5/c1-16-4-3-5-18(14-16)24(30)32-21-10-6-17(7-11-21)15-25-27-23(29)22(28)26-19-8-12-20(31-2)13-9-19/h3-15H,1-2H3,(H,26,28)(H,27,29)/b25-15+. The molecule has 3 aromatic carbocycles. The molecule has 0 unspecified atom stereocenters. The van der Waals surface area contributed by atoms with Crippen LogP contribution >= 0.6 is 0 Å². The fraction of sp³-hybridized carbons (Fsp3) is 0.0833. The van der Waals surface area contributed by atoms with Crippen LogP contribution in [-0.4, -0.2) is 31.1 Å². The van der Waals surface area contributed by atoms with Crippen molar-refractivity contribution in [3.8, 4) is 11.5 Å². The Morgan fingerprint density at radius 1 is 0.875 bits per heavy atom. The first-order valence-corrected chi connectivity index (χ1v) is 9.62. The lowest BCUT2D eigenvalue weighted by Gasteiger charge is -2.05. The Morgan fingerprint density at radius 2 is 1.56 bits per heavy atom. The first-order valence-electron chi connectivity index (χ1n) is 9.62. The van der Waals surface area contributed by atoms with E-state index in [1.54, 1.807) is 66.7 Å². The molecular formula is C24H21N3O5. The SMILES string of the molecule is COc1ccc(NC(=O)C(=O)N/N=C/c2ccc(OC(=O)c3cccc(C)c3)cc2)cc1. The minimum absolute atomic E-state index is 0.372. The van der Waals surface area contributed by atoms with Gasteiger partial charge in [0.1, 0.15) is 11.5 Å². The lowest BCUT2D eigenvalue weighted by Crippen LogP contribution is -2.32. The summed E-state index contributed by atoms with van der Waals surface area (Å²) in [6.07, 6.45) is 1.37. The molecule has 0 saturated carbocycles. The number of nitrogens with zero attached hydrogens (tertiary/aromatic N) is 1. The van der Waals surface area contributed by atoms with Gasteiger partial charge in [0.2, 0.25) is 0 Å². The molecule has 0 atom stereocenters. The average Bonchev–Trinajstić information content (AvgIpc) is 2.80. The summed E-state index contributed by atoms with van der Waals surface area (Å²) in [6.45, 7) is 1.90. The van der Waals surface area contributed by atoms with Gasteiger partial charge in [-0.2, -0.15) is 5.10 Å². The summed E-state index contributed by atoms with van der Waals surface area (Å²) >= 11 is 0. The molecule has 0 fully saturated rings. The van der Waals surface area contributed by atoms with Crippen LogP contribution in [0.3, 0.4) is 0 Å². The van der Waals surface area contributed by atoms with E-state index in [1.807, 2.05) is 13.0 Å². The number of esters is 1. The lowest BCUT2D eigenvalue weighted by atomic mass is 10.1. The number of nitrogens with one attached hydrogen (secondary N) is 2. The largest absolute Gasteiger partial charge is 0.497 e. The Morgan fingerprint density at radius 3 is 2.22 bits per heavy atom. The van der Waals surface area contributed by atoms with Gasteiger partial charge in [0.25, 0.3) is 0 Å². The van der Waals surface area contributed by atoms with Crippen LogP contribution in [-0.2, 0) is 9.59 Å². The van der Waals surface area contributed by atoms with Crippen LogP contribution in [0.2, 0.25) is 0 Å². The van der Waals surface area contributed by atoms with Crippen molar-refractivity contribution in [1.29, 1.82) is 0 Å². The van der Waals surface area contributed by atoms with Crippen LogP contribution in [0.5, 0.6) is 11.5 Å². The molecule has 8 heteroatoms. The van der Waals surface area contributed by atoms with Crippen molar-refractivity contribution in [1.82, 2.24) is 5.43 Å². The Bertz CT molecular complexity index is 1140. The van der Waals surface area contributed by atoms with Gasteiger partial charge < -0.3 is 14.8 Å². The van der Waals surface area contributed by atoms with Gasteiger partial charge in [-0.3, -0.25) is 9.59 Å². The van der Waals surface area contributed by atoms with E-state index in [4.69, 9.17) is 9.47 Å². The van der Waals surface area contributed by atoms with Gasteiger partial charge in [-0.25, -0.2) is 10.2 Å². The van der Waals surface area contributed by atoms with E-state index in [-0.39, 0.29) is 0 Å². The Labute approximate surface area is 184 Å². The molecule has 0 aliphatic rings. The van der Waals surface area contributed by atoms with Crippen LogP contribution in [0.1, 0.15) is 21.5 Å². The fourth-order valence-corrected chi connectivity index (χ4v) is 2.64. The molecule has 0 aliphatic heterocycles. The van der Waals surface area contributed by atoms with E-state index in [2.05, 4.69) is 15.8 Å². The molecule has 3 rings (SSSR count). The number of amides is 2. The third kappa shape index (κ3) is 6.27. The van der Waals surface area contributed by atoms with Crippen molar-refractivity contribution in [2.24, 2.45) is 5.10 Å². The van der Waals surface area contributed by atoms with Gasteiger partial charge in [-0.1, -0.05) is 17.7 Å². The molecule has 2 amide bonds. The number of hydrazone groups is 1. The molecule has 8 nitrogen and oxygen atoms in total. The number of methoxy groups -OCH3 is 1. The monoisotopic (exact) mass is 431 g/mol. The Hall–Kier alpha value is -4.46. The van der Waals surface area contributed by atoms with E-state index in [0.717, 1.165) is 5.56 Å². The molecule has 0 aliphatic carbocycles. The number of benzene rings is 3. The van der Waals surface area contributed by atoms with Crippen molar-refractivity contribution < 1.29 is 23.9 Å². The van der Waals surface area contributed by atoms with Crippen molar-refractivity contribution in [2.75, 3.05) is 12.4 Å². The normalized spacial score (nSPS) is 10.4. The fourth-order valence-electron chi connectivity index (χ4n) is 2.64. The van der Waals surface area contributed by atoms with Crippen LogP contribution in [0, 0.1) is 6.92 Å². The third-order valence-electron chi connectivity index (χ3n) is 4.28. The zero-order valence-electron chi connectivity index (χ0n) is 17.5. The van der Waals surface area contributed by atoms with E-state index in [1.165, 1.54) is 13.3 Å². The summed E-state index contributed by atoms with van der Waals surface area (Å²) < 4.78 is 10.4. The average molecular weight is 431 g/mol. The maximum absolute atomic E-state index is 12.2. The highest BCUT2D eigenvalue weighted by Crippen LogP contribution is 2.15. The Balaban J connectivity index is 1.50. The molecule has 32 heavy (non-hydrogen) atoms. The second-order valence-corrected chi connectivity index (χ2v) is 6.71. The molecule has 0 aromatic heterocycles. The topological polar surface area (TPSA) is 106 Å². The zero-order valence-corrected chi connectivity index (χ0v) is 17.5. The molecule has 0 radical (unpaired) electrons. The summed E-state index contributed by atoms with van der Waals surface area (Å²) in [7, 11) is 1.53. The first kappa shape index (κ1) is 22.2. The van der Waals surface area contributed by atoms with E-state index >= 15 is 0 Å². The number of rotatable bonds is 6. The summed E-state index contributed by atoms with van der Waals surface area (Å²) in [4.78, 5) is 36.0. The zero-order chi connectivity index (χ0) is 22.9. The van der Waals surface area contributed by atoms with Gasteiger partial charge in [0.05, 0.1) is 18.9 Å². The second-order valence-electron chi connectivity index (χ2n) is 6.71. The minimum atomic E-state index is -0.916. The Kier molecular flexibility index (Phi) is 7.32. The lowest BCUT2D eigenvalue weighted by molar-refractivity contribution is -0.136. The van der Waals surface area contributed by atoms with Crippen molar-refractivity contribution in [3.05, 3.63) is 89.5 Å². The summed E-state index contributed by atoms with van der Waals surface area (Å²) in [5, 5.41) is 6.22. The maximum atomic E-state index is 12.2. The number of ether oxygens (including phenoxy) is 2. The number of carbonyl (C=O) groups is 3. The van der Waals surface area contributed by atoms with Crippen LogP contribution in [0.15, 0.2) is 77.9 Å². The van der Waals surface area contributed by atoms with Gasteiger partial charge >= 0.3 is 17.8 Å². The van der Waals surface area contributed by atoms with Gasteiger partial charge in [0, 0.05) is 5.69 Å². The molecule has 0 bridgehead atoms. The van der Waals surface area contributed by atoms with Gasteiger partial charge in [0.15, 0.2) is 0 Å².